The zero-order valence-electron chi connectivity index (χ0n) is 16.9. The van der Waals surface area contributed by atoms with Gasteiger partial charge in [-0.3, -0.25) is 4.79 Å². The van der Waals surface area contributed by atoms with Crippen molar-refractivity contribution in [2.45, 2.75) is 38.3 Å². The number of hydrogen-bond donors (Lipinski definition) is 1. The van der Waals surface area contributed by atoms with E-state index in [1.54, 1.807) is 14.2 Å². The van der Waals surface area contributed by atoms with Crippen LogP contribution in [-0.2, 0) is 17.6 Å². The molecule has 8 heteroatoms. The highest BCUT2D eigenvalue weighted by atomic mass is 79.9. The van der Waals surface area contributed by atoms with E-state index >= 15 is 0 Å². The fraction of sp³-hybridized carbons (Fsp3) is 0.450. The molecule has 0 aliphatic heterocycles. The van der Waals surface area contributed by atoms with Crippen LogP contribution in [-0.4, -0.2) is 42.9 Å². The molecule has 1 aromatic carbocycles. The van der Waals surface area contributed by atoms with Gasteiger partial charge in [-0.1, -0.05) is 27.7 Å². The summed E-state index contributed by atoms with van der Waals surface area (Å²) in [4.78, 5) is 21.2. The van der Waals surface area contributed by atoms with Crippen LogP contribution in [0.4, 0.5) is 0 Å². The fourth-order valence-corrected chi connectivity index (χ4v) is 3.89. The number of hydrogen-bond acceptors (Lipinski definition) is 6. The number of aryl methyl sites for hydroxylation is 2. The van der Waals surface area contributed by atoms with Gasteiger partial charge in [-0.05, 0) is 56.2 Å². The van der Waals surface area contributed by atoms with Crippen LogP contribution < -0.4 is 14.8 Å². The molecular weight excluding hydrogens is 442 g/mol. The van der Waals surface area contributed by atoms with Crippen molar-refractivity contribution < 1.29 is 14.3 Å². The Labute approximate surface area is 179 Å². The average molecular weight is 468 g/mol. The lowest BCUT2D eigenvalue weighted by atomic mass is 10.1. The number of amides is 1. The van der Waals surface area contributed by atoms with Crippen molar-refractivity contribution in [2.24, 2.45) is 0 Å². The Hall–Kier alpha value is -1.80. The molecule has 0 aliphatic rings. The zero-order chi connectivity index (χ0) is 20.7. The van der Waals surface area contributed by atoms with E-state index in [1.165, 1.54) is 11.8 Å². The monoisotopic (exact) mass is 467 g/mol. The van der Waals surface area contributed by atoms with E-state index in [1.807, 2.05) is 32.2 Å². The third-order valence-corrected chi connectivity index (χ3v) is 5.74. The maximum atomic E-state index is 12.2. The van der Waals surface area contributed by atoms with Crippen LogP contribution in [0.5, 0.6) is 11.5 Å². The van der Waals surface area contributed by atoms with E-state index in [4.69, 9.17) is 9.47 Å². The summed E-state index contributed by atoms with van der Waals surface area (Å²) in [5.74, 6) is 1.36. The third kappa shape index (κ3) is 5.85. The lowest BCUT2D eigenvalue weighted by Crippen LogP contribution is -2.26. The van der Waals surface area contributed by atoms with Crippen molar-refractivity contribution in [1.29, 1.82) is 0 Å². The second-order valence-electron chi connectivity index (χ2n) is 6.26. The van der Waals surface area contributed by atoms with E-state index in [0.717, 1.165) is 32.1 Å². The van der Waals surface area contributed by atoms with Gasteiger partial charge in [0.25, 0.3) is 0 Å². The summed E-state index contributed by atoms with van der Waals surface area (Å²) in [7, 11) is 3.21. The predicted molar refractivity (Wildman–Crippen MR) is 116 cm³/mol. The first-order valence-corrected chi connectivity index (χ1v) is 11.0. The molecule has 2 aromatic rings. The van der Waals surface area contributed by atoms with E-state index in [-0.39, 0.29) is 5.91 Å². The van der Waals surface area contributed by atoms with Gasteiger partial charge in [0.05, 0.1) is 14.2 Å². The van der Waals surface area contributed by atoms with E-state index in [0.29, 0.717) is 37.3 Å². The second-order valence-corrected chi connectivity index (χ2v) is 7.89. The van der Waals surface area contributed by atoms with Crippen LogP contribution in [0.1, 0.15) is 28.9 Å². The highest BCUT2D eigenvalue weighted by Gasteiger charge is 2.12. The van der Waals surface area contributed by atoms with Crippen molar-refractivity contribution in [3.8, 4) is 11.5 Å². The van der Waals surface area contributed by atoms with Crippen LogP contribution in [0.3, 0.4) is 0 Å². The number of carbonyl (C=O) groups excluding carboxylic acids is 1. The molecule has 1 N–H and O–H groups in total. The van der Waals surface area contributed by atoms with Gasteiger partial charge in [0, 0.05) is 28.8 Å². The maximum Gasteiger partial charge on any atom is 0.220 e. The average Bonchev–Trinajstić information content (AvgIpc) is 2.67. The van der Waals surface area contributed by atoms with Crippen LogP contribution in [0.2, 0.25) is 0 Å². The molecule has 0 spiro atoms. The first-order valence-electron chi connectivity index (χ1n) is 8.94. The molecule has 6 nitrogen and oxygen atoms in total. The summed E-state index contributed by atoms with van der Waals surface area (Å²) >= 11 is 5.07. The Morgan fingerprint density at radius 1 is 1.11 bits per heavy atom. The van der Waals surface area contributed by atoms with E-state index in [2.05, 4.69) is 31.2 Å². The molecule has 0 saturated carbocycles. The number of nitrogens with zero attached hydrogens (tertiary/aromatic N) is 2. The first-order chi connectivity index (χ1) is 13.4. The van der Waals surface area contributed by atoms with Crippen LogP contribution in [0.15, 0.2) is 21.8 Å². The quantitative estimate of drug-likeness (QED) is 0.445. The molecule has 2 rings (SSSR count). The van der Waals surface area contributed by atoms with Gasteiger partial charge in [-0.15, -0.1) is 0 Å². The van der Waals surface area contributed by atoms with Crippen molar-refractivity contribution in [2.75, 3.05) is 27.0 Å². The topological polar surface area (TPSA) is 73.3 Å². The number of carbonyl (C=O) groups is 1. The summed E-state index contributed by atoms with van der Waals surface area (Å²) < 4.78 is 11.6. The summed E-state index contributed by atoms with van der Waals surface area (Å²) in [6.07, 6.45) is 3.70. The summed E-state index contributed by atoms with van der Waals surface area (Å²) in [6, 6.07) is 3.80. The van der Waals surface area contributed by atoms with Gasteiger partial charge < -0.3 is 14.8 Å². The number of halogens is 1. The normalized spacial score (nSPS) is 10.6. The summed E-state index contributed by atoms with van der Waals surface area (Å²) in [6.45, 7) is 4.49. The lowest BCUT2D eigenvalue weighted by molar-refractivity contribution is -0.121. The highest BCUT2D eigenvalue weighted by Crippen LogP contribution is 2.33. The van der Waals surface area contributed by atoms with Gasteiger partial charge in [0.15, 0.2) is 16.7 Å². The van der Waals surface area contributed by atoms with Crippen LogP contribution in [0, 0.1) is 13.8 Å². The SMILES string of the molecule is COc1cc(Br)c(CCNC(=O)CCc2c(C)nc(SC)nc2C)cc1OC. The van der Waals surface area contributed by atoms with E-state index in [9.17, 15) is 4.79 Å². The number of ether oxygens (including phenoxy) is 2. The molecule has 0 atom stereocenters. The van der Waals surface area contributed by atoms with Crippen molar-refractivity contribution in [3.05, 3.63) is 39.1 Å². The largest absolute Gasteiger partial charge is 0.493 e. The highest BCUT2D eigenvalue weighted by molar-refractivity contribution is 9.10. The Morgan fingerprint density at radius 3 is 2.29 bits per heavy atom. The lowest BCUT2D eigenvalue weighted by Gasteiger charge is -2.13. The van der Waals surface area contributed by atoms with Crippen molar-refractivity contribution in [1.82, 2.24) is 15.3 Å². The molecule has 1 amide bonds. The fourth-order valence-electron chi connectivity index (χ4n) is 2.91. The molecule has 0 unspecified atom stereocenters. The van der Waals surface area contributed by atoms with Crippen LogP contribution >= 0.6 is 27.7 Å². The molecule has 1 heterocycles. The number of nitrogens with one attached hydrogen (secondary N) is 1. The number of rotatable bonds is 9. The molecule has 0 bridgehead atoms. The van der Waals surface area contributed by atoms with Crippen molar-refractivity contribution in [3.63, 3.8) is 0 Å². The standard InChI is InChI=1S/C20H26BrN3O3S/c1-12-15(13(2)24-20(23-12)28-5)6-7-19(25)22-9-8-14-10-17(26-3)18(27-4)11-16(14)21/h10-11H,6-9H2,1-5H3,(H,22,25). The van der Waals surface area contributed by atoms with Crippen LogP contribution in [0.25, 0.3) is 0 Å². The number of benzene rings is 1. The molecule has 152 valence electrons. The van der Waals surface area contributed by atoms with E-state index < -0.39 is 0 Å². The third-order valence-electron chi connectivity index (χ3n) is 4.45. The smallest absolute Gasteiger partial charge is 0.220 e. The van der Waals surface area contributed by atoms with Gasteiger partial charge in [0.1, 0.15) is 0 Å². The Morgan fingerprint density at radius 2 is 1.71 bits per heavy atom. The van der Waals surface area contributed by atoms with Crippen molar-refractivity contribution >= 4 is 33.6 Å². The summed E-state index contributed by atoms with van der Waals surface area (Å²) in [5, 5.41) is 3.75. The molecule has 0 aliphatic carbocycles. The van der Waals surface area contributed by atoms with Gasteiger partial charge in [-0.2, -0.15) is 0 Å². The molecule has 0 saturated heterocycles. The Kier molecular flexibility index (Phi) is 8.57. The minimum absolute atomic E-state index is 0.0179. The molecule has 0 fully saturated rings. The predicted octanol–water partition coefficient (Wildman–Crippen LogP) is 3.89. The van der Waals surface area contributed by atoms with Gasteiger partial charge in [-0.25, -0.2) is 9.97 Å². The second kappa shape index (κ2) is 10.7. The number of methoxy groups -OCH3 is 2. The Balaban J connectivity index is 1.89. The molecular formula is C20H26BrN3O3S. The molecule has 28 heavy (non-hydrogen) atoms. The van der Waals surface area contributed by atoms with Gasteiger partial charge >= 0.3 is 0 Å². The molecule has 1 aromatic heterocycles. The molecule has 0 radical (unpaired) electrons. The zero-order valence-corrected chi connectivity index (χ0v) is 19.3. The summed E-state index contributed by atoms with van der Waals surface area (Å²) in [5.41, 5.74) is 3.99. The first kappa shape index (κ1) is 22.5. The number of aromatic nitrogens is 2. The minimum Gasteiger partial charge on any atom is -0.493 e. The number of thioether (sulfide) groups is 1. The van der Waals surface area contributed by atoms with Gasteiger partial charge in [0.2, 0.25) is 5.91 Å². The Bertz CT molecular complexity index is 823. The maximum absolute atomic E-state index is 12.2. The minimum atomic E-state index is 0.0179.